The van der Waals surface area contributed by atoms with Crippen molar-refractivity contribution in [2.45, 2.75) is 64.6 Å². The number of piperidine rings is 1. The number of nitrogens with one attached hydrogen (secondary N) is 1. The Bertz CT molecular complexity index is 935. The Morgan fingerprint density at radius 1 is 1.37 bits per heavy atom. The minimum atomic E-state index is -0.479. The molecule has 1 saturated carbocycles. The van der Waals surface area contributed by atoms with Gasteiger partial charge in [0, 0.05) is 23.9 Å². The smallest absolute Gasteiger partial charge is 0.322 e. The summed E-state index contributed by atoms with van der Waals surface area (Å²) in [5.41, 5.74) is 2.15. The lowest BCUT2D eigenvalue weighted by molar-refractivity contribution is -0.162. The van der Waals surface area contributed by atoms with E-state index in [4.69, 9.17) is 4.74 Å². The van der Waals surface area contributed by atoms with Crippen LogP contribution >= 0.6 is 0 Å². The first-order chi connectivity index (χ1) is 14.3. The highest BCUT2D eigenvalue weighted by atomic mass is 19.1. The fourth-order valence-corrected chi connectivity index (χ4v) is 5.25. The Morgan fingerprint density at radius 3 is 2.80 bits per heavy atom. The van der Waals surface area contributed by atoms with E-state index in [1.54, 1.807) is 0 Å². The van der Waals surface area contributed by atoms with E-state index in [0.717, 1.165) is 42.8 Å². The minimum absolute atomic E-state index is 0.00607. The highest BCUT2D eigenvalue weighted by Crippen LogP contribution is 2.52. The molecule has 0 spiro atoms. The van der Waals surface area contributed by atoms with Crippen LogP contribution in [0, 0.1) is 18.7 Å². The average Bonchev–Trinajstić information content (AvgIpc) is 2.69. The summed E-state index contributed by atoms with van der Waals surface area (Å²) in [6, 6.07) is 5.78. The molecular weight excluding hydrogens is 383 g/mol. The number of carbonyl (C=O) groups excluding carboxylic acids is 1. The quantitative estimate of drug-likeness (QED) is 0.767. The summed E-state index contributed by atoms with van der Waals surface area (Å²) in [6.45, 7) is 8.90. The third-order valence-electron chi connectivity index (χ3n) is 6.55. The van der Waals surface area contributed by atoms with Gasteiger partial charge in [-0.15, -0.1) is 0 Å². The molecular formula is C23H29FN4O2. The van der Waals surface area contributed by atoms with Gasteiger partial charge in [-0.05, 0) is 63.6 Å². The van der Waals surface area contributed by atoms with Crippen molar-refractivity contribution in [2.24, 2.45) is 5.92 Å². The SMILES string of the molecule is CCO[C@@H](C)[C@@]12C[C@H](C)C[C@@H](C1)N2C(=O)Nc1ccc(C)c(-c2ncc(F)cn2)c1. The van der Waals surface area contributed by atoms with Gasteiger partial charge in [0.1, 0.15) is 0 Å². The molecule has 0 unspecified atom stereocenters. The number of ether oxygens (including phenoxy) is 1. The molecule has 7 heteroatoms. The van der Waals surface area contributed by atoms with Crippen molar-refractivity contribution in [1.82, 2.24) is 14.9 Å². The van der Waals surface area contributed by atoms with Gasteiger partial charge in [0.25, 0.3) is 0 Å². The summed E-state index contributed by atoms with van der Waals surface area (Å²) in [6.07, 6.45) is 5.27. The van der Waals surface area contributed by atoms with Crippen LogP contribution in [-0.4, -0.2) is 45.2 Å². The average molecular weight is 413 g/mol. The largest absolute Gasteiger partial charge is 0.376 e. The van der Waals surface area contributed by atoms with E-state index in [0.29, 0.717) is 24.0 Å². The maximum atomic E-state index is 13.3. The lowest BCUT2D eigenvalue weighted by Crippen LogP contribution is -2.76. The predicted molar refractivity (Wildman–Crippen MR) is 114 cm³/mol. The molecule has 160 valence electrons. The molecule has 30 heavy (non-hydrogen) atoms. The van der Waals surface area contributed by atoms with Crippen LogP contribution in [0.5, 0.6) is 0 Å². The van der Waals surface area contributed by atoms with E-state index in [1.807, 2.05) is 36.9 Å². The molecule has 0 radical (unpaired) electrons. The molecule has 2 bridgehead atoms. The zero-order valence-electron chi connectivity index (χ0n) is 18.0. The first-order valence-electron chi connectivity index (χ1n) is 10.6. The van der Waals surface area contributed by atoms with Crippen molar-refractivity contribution in [3.63, 3.8) is 0 Å². The number of fused-ring (bicyclic) bond motifs is 2. The number of aromatic nitrogens is 2. The normalized spacial score (nSPS) is 26.1. The van der Waals surface area contributed by atoms with Gasteiger partial charge in [-0.3, -0.25) is 0 Å². The lowest BCUT2D eigenvalue weighted by atomic mass is 9.62. The Balaban J connectivity index is 1.56. The standard InChI is InChI=1S/C23H29FN4O2/c1-5-30-16(4)23-10-14(2)8-19(11-23)28(23)22(29)27-18-7-6-15(3)20(9-18)21-25-12-17(24)13-26-21/h6-7,9,12-14,16,19H,5,8,10-11H2,1-4H3,(H,27,29)/t14-,16+,19+,23-/m1/s1. The van der Waals surface area contributed by atoms with Crippen molar-refractivity contribution >= 4 is 11.7 Å². The zero-order valence-corrected chi connectivity index (χ0v) is 18.0. The third-order valence-corrected chi connectivity index (χ3v) is 6.55. The van der Waals surface area contributed by atoms with E-state index in [-0.39, 0.29) is 23.7 Å². The van der Waals surface area contributed by atoms with Crippen molar-refractivity contribution < 1.29 is 13.9 Å². The van der Waals surface area contributed by atoms with Gasteiger partial charge in [0.2, 0.25) is 0 Å². The predicted octanol–water partition coefficient (Wildman–Crippen LogP) is 4.79. The van der Waals surface area contributed by atoms with Gasteiger partial charge in [0.05, 0.1) is 24.0 Å². The molecule has 1 aromatic carbocycles. The number of nitrogens with zero attached hydrogens (tertiary/aromatic N) is 3. The van der Waals surface area contributed by atoms with Gasteiger partial charge in [-0.1, -0.05) is 13.0 Å². The van der Waals surface area contributed by atoms with Gasteiger partial charge in [-0.25, -0.2) is 19.2 Å². The summed E-state index contributed by atoms with van der Waals surface area (Å²) >= 11 is 0. The summed E-state index contributed by atoms with van der Waals surface area (Å²) in [7, 11) is 0. The molecule has 2 heterocycles. The molecule has 1 aromatic heterocycles. The molecule has 2 aromatic rings. The van der Waals surface area contributed by atoms with E-state index in [9.17, 15) is 9.18 Å². The molecule has 1 aliphatic heterocycles. The van der Waals surface area contributed by atoms with Gasteiger partial charge >= 0.3 is 6.03 Å². The second kappa shape index (κ2) is 7.95. The van der Waals surface area contributed by atoms with Crippen LogP contribution in [0.15, 0.2) is 30.6 Å². The topological polar surface area (TPSA) is 67.3 Å². The van der Waals surface area contributed by atoms with E-state index >= 15 is 0 Å². The summed E-state index contributed by atoms with van der Waals surface area (Å²) in [5, 5.41) is 3.06. The van der Waals surface area contributed by atoms with Crippen LogP contribution in [0.2, 0.25) is 0 Å². The molecule has 2 aliphatic rings. The van der Waals surface area contributed by atoms with Crippen LogP contribution in [0.4, 0.5) is 14.9 Å². The molecule has 1 N–H and O–H groups in total. The maximum Gasteiger partial charge on any atom is 0.322 e. The molecule has 6 nitrogen and oxygen atoms in total. The Morgan fingerprint density at radius 2 is 2.10 bits per heavy atom. The first kappa shape index (κ1) is 20.7. The van der Waals surface area contributed by atoms with Crippen LogP contribution in [0.25, 0.3) is 11.4 Å². The molecule has 4 atom stereocenters. The second-order valence-electron chi connectivity index (χ2n) is 8.66. The molecule has 2 fully saturated rings. The van der Waals surface area contributed by atoms with E-state index < -0.39 is 5.82 Å². The van der Waals surface area contributed by atoms with Gasteiger partial charge in [0.15, 0.2) is 11.6 Å². The number of aryl methyl sites for hydroxylation is 1. The highest BCUT2D eigenvalue weighted by Gasteiger charge is 2.61. The zero-order chi connectivity index (χ0) is 21.5. The minimum Gasteiger partial charge on any atom is -0.376 e. The molecule has 1 saturated heterocycles. The number of halogens is 1. The number of amides is 2. The fraction of sp³-hybridized carbons (Fsp3) is 0.522. The number of likely N-dealkylation sites (tertiary alicyclic amines) is 1. The number of benzene rings is 1. The van der Waals surface area contributed by atoms with Gasteiger partial charge < -0.3 is 15.0 Å². The Labute approximate surface area is 176 Å². The second-order valence-corrected chi connectivity index (χ2v) is 8.66. The number of hydrogen-bond acceptors (Lipinski definition) is 4. The number of hydrogen-bond donors (Lipinski definition) is 1. The molecule has 2 amide bonds. The highest BCUT2D eigenvalue weighted by molar-refractivity contribution is 5.92. The number of urea groups is 1. The monoisotopic (exact) mass is 412 g/mol. The van der Waals surface area contributed by atoms with Crippen LogP contribution < -0.4 is 5.32 Å². The summed E-state index contributed by atoms with van der Waals surface area (Å²) < 4.78 is 19.1. The van der Waals surface area contributed by atoms with Crippen LogP contribution in [-0.2, 0) is 4.74 Å². The van der Waals surface area contributed by atoms with Crippen molar-refractivity contribution in [3.8, 4) is 11.4 Å². The van der Waals surface area contributed by atoms with Crippen molar-refractivity contribution in [3.05, 3.63) is 42.0 Å². The van der Waals surface area contributed by atoms with E-state index in [2.05, 4.69) is 29.1 Å². The maximum absolute atomic E-state index is 13.3. The number of carbonyl (C=O) groups is 1. The summed E-state index contributed by atoms with van der Waals surface area (Å²) in [5.74, 6) is 0.534. The molecule has 1 aliphatic carbocycles. The van der Waals surface area contributed by atoms with Crippen LogP contribution in [0.1, 0.15) is 45.6 Å². The number of anilines is 1. The first-order valence-corrected chi connectivity index (χ1v) is 10.6. The third kappa shape index (κ3) is 3.55. The van der Waals surface area contributed by atoms with Crippen molar-refractivity contribution in [1.29, 1.82) is 0 Å². The molecule has 4 rings (SSSR count). The Kier molecular flexibility index (Phi) is 5.49. The fourth-order valence-electron chi connectivity index (χ4n) is 5.25. The van der Waals surface area contributed by atoms with Gasteiger partial charge in [-0.2, -0.15) is 0 Å². The van der Waals surface area contributed by atoms with E-state index in [1.165, 1.54) is 0 Å². The van der Waals surface area contributed by atoms with Crippen molar-refractivity contribution in [2.75, 3.05) is 11.9 Å². The Hall–Kier alpha value is -2.54. The lowest BCUT2D eigenvalue weighted by Gasteiger charge is -2.65. The summed E-state index contributed by atoms with van der Waals surface area (Å²) in [4.78, 5) is 23.4. The van der Waals surface area contributed by atoms with Crippen LogP contribution in [0.3, 0.4) is 0 Å². The number of rotatable bonds is 5.